The van der Waals surface area contributed by atoms with Crippen molar-refractivity contribution in [2.24, 2.45) is 0 Å². The average Bonchev–Trinajstić information content (AvgIpc) is 3.10. The van der Waals surface area contributed by atoms with Gasteiger partial charge in [-0.2, -0.15) is 0 Å². The monoisotopic (exact) mass is 336 g/mol. The van der Waals surface area contributed by atoms with Gasteiger partial charge in [0.25, 0.3) is 0 Å². The van der Waals surface area contributed by atoms with E-state index in [4.69, 9.17) is 4.74 Å². The van der Waals surface area contributed by atoms with Gasteiger partial charge in [-0.05, 0) is 18.1 Å². The highest BCUT2D eigenvalue weighted by Crippen LogP contribution is 2.22. The summed E-state index contributed by atoms with van der Waals surface area (Å²) in [5.74, 6) is 0.155. The largest absolute Gasteiger partial charge is 0.368 e. The normalized spacial score (nSPS) is 17.8. The number of hydrogen-bond acceptors (Lipinski definition) is 4. The molecule has 1 aliphatic rings. The molecule has 0 bridgehead atoms. The lowest BCUT2D eigenvalue weighted by Gasteiger charge is -2.32. The first-order valence-electron chi connectivity index (χ1n) is 8.51. The highest BCUT2D eigenvalue weighted by molar-refractivity contribution is 5.84. The third-order valence-electron chi connectivity index (χ3n) is 4.62. The van der Waals surface area contributed by atoms with Crippen LogP contribution < -0.4 is 0 Å². The van der Waals surface area contributed by atoms with Crippen LogP contribution in [0.2, 0.25) is 0 Å². The molecule has 0 radical (unpaired) electrons. The Kier molecular flexibility index (Phi) is 4.43. The first-order chi connectivity index (χ1) is 12.3. The number of aromatic nitrogens is 3. The van der Waals surface area contributed by atoms with Crippen LogP contribution in [0.25, 0.3) is 10.9 Å². The SMILES string of the molecule is O=C(CCc1c[nH]c2ccccc12)N1CCO[C@@H](c2cnccn2)C1. The van der Waals surface area contributed by atoms with Crippen LogP contribution in [0.1, 0.15) is 23.8 Å². The molecular formula is C19H20N4O2. The fraction of sp³-hybridized carbons (Fsp3) is 0.316. The van der Waals surface area contributed by atoms with Gasteiger partial charge in [0.15, 0.2) is 0 Å². The minimum absolute atomic E-state index is 0.155. The Balaban J connectivity index is 1.39. The third kappa shape index (κ3) is 3.39. The topological polar surface area (TPSA) is 71.1 Å². The molecule has 6 nitrogen and oxygen atoms in total. The van der Waals surface area contributed by atoms with Gasteiger partial charge in [-0.25, -0.2) is 0 Å². The van der Waals surface area contributed by atoms with E-state index >= 15 is 0 Å². The van der Waals surface area contributed by atoms with E-state index in [9.17, 15) is 4.79 Å². The van der Waals surface area contributed by atoms with Gasteiger partial charge in [0.05, 0.1) is 25.0 Å². The molecule has 128 valence electrons. The number of carbonyl (C=O) groups is 1. The van der Waals surface area contributed by atoms with Crippen molar-refractivity contribution in [1.29, 1.82) is 0 Å². The number of amides is 1. The predicted octanol–water partition coefficient (Wildman–Crippen LogP) is 2.49. The lowest BCUT2D eigenvalue weighted by molar-refractivity contribution is -0.139. The van der Waals surface area contributed by atoms with Crippen LogP contribution in [0.15, 0.2) is 49.1 Å². The van der Waals surface area contributed by atoms with Crippen molar-refractivity contribution in [2.45, 2.75) is 18.9 Å². The van der Waals surface area contributed by atoms with Gasteiger partial charge in [0.2, 0.25) is 5.91 Å². The summed E-state index contributed by atoms with van der Waals surface area (Å²) in [5.41, 5.74) is 3.07. The number of rotatable bonds is 4. The van der Waals surface area contributed by atoms with E-state index in [1.165, 1.54) is 10.9 Å². The molecule has 1 N–H and O–H groups in total. The summed E-state index contributed by atoms with van der Waals surface area (Å²) in [6, 6.07) is 8.17. The van der Waals surface area contributed by atoms with Gasteiger partial charge in [-0.15, -0.1) is 0 Å². The number of aromatic amines is 1. The fourth-order valence-corrected chi connectivity index (χ4v) is 3.27. The molecule has 3 heterocycles. The number of aryl methyl sites for hydroxylation is 1. The molecule has 1 amide bonds. The molecule has 0 saturated carbocycles. The Morgan fingerprint density at radius 1 is 1.32 bits per heavy atom. The van der Waals surface area contributed by atoms with Crippen molar-refractivity contribution in [3.05, 3.63) is 60.3 Å². The molecule has 25 heavy (non-hydrogen) atoms. The van der Waals surface area contributed by atoms with Crippen molar-refractivity contribution in [1.82, 2.24) is 19.9 Å². The molecule has 1 atom stereocenters. The summed E-state index contributed by atoms with van der Waals surface area (Å²) >= 11 is 0. The first kappa shape index (κ1) is 15.8. The molecule has 0 aliphatic carbocycles. The van der Waals surface area contributed by atoms with Crippen LogP contribution in [0, 0.1) is 0 Å². The second-order valence-corrected chi connectivity index (χ2v) is 6.19. The Labute approximate surface area is 145 Å². The molecule has 1 aromatic carbocycles. The van der Waals surface area contributed by atoms with E-state index in [1.807, 2.05) is 29.3 Å². The molecule has 0 spiro atoms. The molecular weight excluding hydrogens is 316 g/mol. The van der Waals surface area contributed by atoms with E-state index in [0.29, 0.717) is 26.1 Å². The molecule has 1 aliphatic heterocycles. The van der Waals surface area contributed by atoms with Gasteiger partial charge < -0.3 is 14.6 Å². The number of nitrogens with zero attached hydrogens (tertiary/aromatic N) is 3. The number of benzene rings is 1. The second-order valence-electron chi connectivity index (χ2n) is 6.19. The minimum atomic E-state index is -0.195. The molecule has 4 rings (SSSR count). The van der Waals surface area contributed by atoms with Crippen molar-refractivity contribution in [3.63, 3.8) is 0 Å². The quantitative estimate of drug-likeness (QED) is 0.794. The van der Waals surface area contributed by atoms with E-state index < -0.39 is 0 Å². The van der Waals surface area contributed by atoms with Crippen LogP contribution in [-0.2, 0) is 16.0 Å². The Bertz CT molecular complexity index is 862. The molecule has 2 aromatic heterocycles. The second kappa shape index (κ2) is 7.03. The maximum absolute atomic E-state index is 12.6. The summed E-state index contributed by atoms with van der Waals surface area (Å²) < 4.78 is 5.75. The smallest absolute Gasteiger partial charge is 0.223 e. The van der Waals surface area contributed by atoms with Crippen LogP contribution >= 0.6 is 0 Å². The Morgan fingerprint density at radius 3 is 3.12 bits per heavy atom. The molecule has 6 heteroatoms. The standard InChI is InChI=1S/C19H20N4O2/c24-19(6-5-14-11-22-16-4-2-1-3-15(14)16)23-9-10-25-18(13-23)17-12-20-7-8-21-17/h1-4,7-8,11-12,18,22H,5-6,9-10,13H2/t18-/m1/s1. The highest BCUT2D eigenvalue weighted by Gasteiger charge is 2.26. The van der Waals surface area contributed by atoms with Crippen molar-refractivity contribution < 1.29 is 9.53 Å². The first-order valence-corrected chi connectivity index (χ1v) is 8.51. The summed E-state index contributed by atoms with van der Waals surface area (Å²) in [4.78, 5) is 26.1. The summed E-state index contributed by atoms with van der Waals surface area (Å²) in [6.07, 6.45) is 8.02. The van der Waals surface area contributed by atoms with Crippen molar-refractivity contribution in [3.8, 4) is 0 Å². The minimum Gasteiger partial charge on any atom is -0.368 e. The predicted molar refractivity (Wildman–Crippen MR) is 93.9 cm³/mol. The van der Waals surface area contributed by atoms with Gasteiger partial charge in [-0.3, -0.25) is 14.8 Å². The van der Waals surface area contributed by atoms with Crippen LogP contribution in [-0.4, -0.2) is 45.5 Å². The van der Waals surface area contributed by atoms with Crippen molar-refractivity contribution >= 4 is 16.8 Å². The lowest BCUT2D eigenvalue weighted by Crippen LogP contribution is -2.42. The molecule has 3 aromatic rings. The van der Waals surface area contributed by atoms with Gasteiger partial charge >= 0.3 is 0 Å². The fourth-order valence-electron chi connectivity index (χ4n) is 3.27. The zero-order chi connectivity index (χ0) is 17.1. The van der Waals surface area contributed by atoms with Crippen LogP contribution in [0.4, 0.5) is 0 Å². The highest BCUT2D eigenvalue weighted by atomic mass is 16.5. The summed E-state index contributed by atoms with van der Waals surface area (Å²) in [5, 5.41) is 1.19. The van der Waals surface area contributed by atoms with Gasteiger partial charge in [-0.1, -0.05) is 18.2 Å². The van der Waals surface area contributed by atoms with Crippen LogP contribution in [0.5, 0.6) is 0 Å². The zero-order valence-electron chi connectivity index (χ0n) is 13.9. The molecule has 0 unspecified atom stereocenters. The maximum Gasteiger partial charge on any atom is 0.223 e. The number of fused-ring (bicyclic) bond motifs is 1. The lowest BCUT2D eigenvalue weighted by atomic mass is 10.1. The Hall–Kier alpha value is -2.73. The van der Waals surface area contributed by atoms with Crippen molar-refractivity contribution in [2.75, 3.05) is 19.7 Å². The third-order valence-corrected chi connectivity index (χ3v) is 4.62. The average molecular weight is 336 g/mol. The van der Waals surface area contributed by atoms with Crippen LogP contribution in [0.3, 0.4) is 0 Å². The number of carbonyl (C=O) groups excluding carboxylic acids is 1. The van der Waals surface area contributed by atoms with E-state index in [2.05, 4.69) is 21.0 Å². The molecule has 1 saturated heterocycles. The van der Waals surface area contributed by atoms with E-state index in [-0.39, 0.29) is 12.0 Å². The molecule has 1 fully saturated rings. The zero-order valence-corrected chi connectivity index (χ0v) is 13.9. The number of H-pyrrole nitrogens is 1. The van der Waals surface area contributed by atoms with E-state index in [1.54, 1.807) is 18.6 Å². The van der Waals surface area contributed by atoms with Gasteiger partial charge in [0.1, 0.15) is 6.10 Å². The number of morpholine rings is 1. The van der Waals surface area contributed by atoms with E-state index in [0.717, 1.165) is 17.6 Å². The number of para-hydroxylation sites is 1. The number of hydrogen-bond donors (Lipinski definition) is 1. The summed E-state index contributed by atoms with van der Waals surface area (Å²) in [6.45, 7) is 1.69. The maximum atomic E-state index is 12.6. The Morgan fingerprint density at radius 2 is 2.24 bits per heavy atom. The number of ether oxygens (including phenoxy) is 1. The summed E-state index contributed by atoms with van der Waals surface area (Å²) in [7, 11) is 0. The number of nitrogens with one attached hydrogen (secondary N) is 1. The van der Waals surface area contributed by atoms with Gasteiger partial charge in [0, 0.05) is 42.5 Å².